The SMILES string of the molecule is Cc1cc(C)c(OC[C@@H](O)CN2CCN(Cc3ccccc3)CC2)c(C)c1. The van der Waals surface area contributed by atoms with Crippen LogP contribution in [0.3, 0.4) is 0 Å². The first-order valence-electron chi connectivity index (χ1n) is 9.88. The molecule has 0 bridgehead atoms. The van der Waals surface area contributed by atoms with Crippen LogP contribution in [0.2, 0.25) is 0 Å². The van der Waals surface area contributed by atoms with Gasteiger partial charge in [0.05, 0.1) is 0 Å². The summed E-state index contributed by atoms with van der Waals surface area (Å²) in [5.41, 5.74) is 4.87. The van der Waals surface area contributed by atoms with Gasteiger partial charge in [-0.1, -0.05) is 48.0 Å². The topological polar surface area (TPSA) is 35.9 Å². The van der Waals surface area contributed by atoms with Gasteiger partial charge in [-0.2, -0.15) is 0 Å². The van der Waals surface area contributed by atoms with Crippen LogP contribution < -0.4 is 4.74 Å². The summed E-state index contributed by atoms with van der Waals surface area (Å²) in [5.74, 6) is 0.910. The molecule has 2 aromatic rings. The largest absolute Gasteiger partial charge is 0.490 e. The predicted molar refractivity (Wildman–Crippen MR) is 110 cm³/mol. The van der Waals surface area contributed by atoms with Crippen molar-refractivity contribution in [2.45, 2.75) is 33.4 Å². The van der Waals surface area contributed by atoms with Gasteiger partial charge in [-0.3, -0.25) is 9.80 Å². The van der Waals surface area contributed by atoms with Crippen molar-refractivity contribution in [3.63, 3.8) is 0 Å². The zero-order valence-corrected chi connectivity index (χ0v) is 16.8. The van der Waals surface area contributed by atoms with Gasteiger partial charge in [0, 0.05) is 39.3 Å². The molecule has 1 atom stereocenters. The molecule has 0 radical (unpaired) electrons. The van der Waals surface area contributed by atoms with Crippen LogP contribution in [-0.2, 0) is 6.54 Å². The summed E-state index contributed by atoms with van der Waals surface area (Å²) in [6.45, 7) is 12.3. The number of aliphatic hydroxyl groups excluding tert-OH is 1. The standard InChI is InChI=1S/C23H32N2O2/c1-18-13-19(2)23(20(3)14-18)27-17-22(26)16-25-11-9-24(10-12-25)15-21-7-5-4-6-8-21/h4-8,13-14,22,26H,9-12,15-17H2,1-3H3/t22-/m0/s1. The first kappa shape index (κ1) is 19.9. The number of aliphatic hydroxyl groups is 1. The van der Waals surface area contributed by atoms with E-state index in [1.807, 2.05) is 0 Å². The first-order valence-corrected chi connectivity index (χ1v) is 9.88. The van der Waals surface area contributed by atoms with E-state index in [0.717, 1.165) is 49.6 Å². The minimum absolute atomic E-state index is 0.342. The quantitative estimate of drug-likeness (QED) is 0.814. The number of benzene rings is 2. The van der Waals surface area contributed by atoms with E-state index in [1.54, 1.807) is 0 Å². The van der Waals surface area contributed by atoms with Gasteiger partial charge in [-0.05, 0) is 37.5 Å². The molecule has 0 aromatic heterocycles. The average Bonchev–Trinajstić information content (AvgIpc) is 2.63. The molecule has 1 N–H and O–H groups in total. The molecule has 0 amide bonds. The molecule has 1 fully saturated rings. The number of hydrogen-bond acceptors (Lipinski definition) is 4. The molecule has 1 aliphatic heterocycles. The van der Waals surface area contributed by atoms with E-state index in [9.17, 15) is 5.11 Å². The number of hydrogen-bond donors (Lipinski definition) is 1. The highest BCUT2D eigenvalue weighted by Gasteiger charge is 2.20. The van der Waals surface area contributed by atoms with Gasteiger partial charge in [-0.25, -0.2) is 0 Å². The minimum atomic E-state index is -0.467. The number of piperazine rings is 1. The monoisotopic (exact) mass is 368 g/mol. The Kier molecular flexibility index (Phi) is 6.89. The van der Waals surface area contributed by atoms with Gasteiger partial charge in [-0.15, -0.1) is 0 Å². The van der Waals surface area contributed by atoms with Crippen molar-refractivity contribution in [3.8, 4) is 5.75 Å². The van der Waals surface area contributed by atoms with Crippen LogP contribution in [0.4, 0.5) is 0 Å². The van der Waals surface area contributed by atoms with Crippen molar-refractivity contribution < 1.29 is 9.84 Å². The lowest BCUT2D eigenvalue weighted by atomic mass is 10.1. The zero-order chi connectivity index (χ0) is 19.2. The number of nitrogens with zero attached hydrogens (tertiary/aromatic N) is 2. The van der Waals surface area contributed by atoms with Crippen LogP contribution in [0.25, 0.3) is 0 Å². The Bertz CT molecular complexity index is 701. The summed E-state index contributed by atoms with van der Waals surface area (Å²) in [6, 6.07) is 14.9. The molecule has 1 heterocycles. The van der Waals surface area contributed by atoms with E-state index in [4.69, 9.17) is 4.74 Å². The molecular formula is C23H32N2O2. The van der Waals surface area contributed by atoms with Crippen molar-refractivity contribution in [3.05, 3.63) is 64.7 Å². The van der Waals surface area contributed by atoms with Crippen LogP contribution >= 0.6 is 0 Å². The fourth-order valence-electron chi connectivity index (χ4n) is 3.90. The summed E-state index contributed by atoms with van der Waals surface area (Å²) in [7, 11) is 0. The third-order valence-corrected chi connectivity index (χ3v) is 5.21. The summed E-state index contributed by atoms with van der Waals surface area (Å²) in [6.07, 6.45) is -0.467. The predicted octanol–water partition coefficient (Wildman–Crippen LogP) is 3.17. The highest BCUT2D eigenvalue weighted by molar-refractivity contribution is 5.42. The third-order valence-electron chi connectivity index (χ3n) is 5.21. The number of β-amino-alcohol motifs (C(OH)–C–C–N with tert-alkyl or cyclic N) is 1. The molecule has 0 aliphatic carbocycles. The van der Waals surface area contributed by atoms with E-state index >= 15 is 0 Å². The van der Waals surface area contributed by atoms with Crippen LogP contribution in [0, 0.1) is 20.8 Å². The highest BCUT2D eigenvalue weighted by Crippen LogP contribution is 2.24. The average molecular weight is 369 g/mol. The van der Waals surface area contributed by atoms with E-state index in [2.05, 4.69) is 73.0 Å². The molecule has 27 heavy (non-hydrogen) atoms. The van der Waals surface area contributed by atoms with Crippen LogP contribution in [0.15, 0.2) is 42.5 Å². The van der Waals surface area contributed by atoms with Crippen molar-refractivity contribution in [2.24, 2.45) is 0 Å². The summed E-state index contributed by atoms with van der Waals surface area (Å²) in [4.78, 5) is 4.82. The number of ether oxygens (including phenoxy) is 1. The van der Waals surface area contributed by atoms with Gasteiger partial charge in [0.1, 0.15) is 18.5 Å². The van der Waals surface area contributed by atoms with Crippen LogP contribution in [-0.4, -0.2) is 60.3 Å². The fourth-order valence-corrected chi connectivity index (χ4v) is 3.90. The molecule has 4 nitrogen and oxygen atoms in total. The molecule has 0 spiro atoms. The minimum Gasteiger partial charge on any atom is -0.490 e. The van der Waals surface area contributed by atoms with Crippen molar-refractivity contribution >= 4 is 0 Å². The molecule has 0 saturated carbocycles. The van der Waals surface area contributed by atoms with Crippen LogP contribution in [0.1, 0.15) is 22.3 Å². The molecule has 1 aliphatic rings. The fraction of sp³-hybridized carbons (Fsp3) is 0.478. The Hall–Kier alpha value is -1.88. The van der Waals surface area contributed by atoms with Gasteiger partial charge in [0.2, 0.25) is 0 Å². The lowest BCUT2D eigenvalue weighted by Gasteiger charge is -2.35. The zero-order valence-electron chi connectivity index (χ0n) is 16.8. The lowest BCUT2D eigenvalue weighted by molar-refractivity contribution is 0.0443. The summed E-state index contributed by atoms with van der Waals surface area (Å²) < 4.78 is 5.94. The second kappa shape index (κ2) is 9.36. The van der Waals surface area contributed by atoms with Gasteiger partial charge >= 0.3 is 0 Å². The Morgan fingerprint density at radius 3 is 2.15 bits per heavy atom. The molecule has 2 aromatic carbocycles. The van der Waals surface area contributed by atoms with Gasteiger partial charge < -0.3 is 9.84 Å². The normalized spacial score (nSPS) is 17.0. The Morgan fingerprint density at radius 2 is 1.52 bits per heavy atom. The molecule has 4 heteroatoms. The van der Waals surface area contributed by atoms with Gasteiger partial charge in [0.15, 0.2) is 0 Å². The number of aryl methyl sites for hydroxylation is 3. The highest BCUT2D eigenvalue weighted by atomic mass is 16.5. The smallest absolute Gasteiger partial charge is 0.125 e. The summed E-state index contributed by atoms with van der Waals surface area (Å²) >= 11 is 0. The molecule has 0 unspecified atom stereocenters. The molecule has 3 rings (SSSR count). The lowest BCUT2D eigenvalue weighted by Crippen LogP contribution is -2.48. The second-order valence-corrected chi connectivity index (χ2v) is 7.76. The first-order chi connectivity index (χ1) is 13.0. The molecule has 1 saturated heterocycles. The van der Waals surface area contributed by atoms with Gasteiger partial charge in [0.25, 0.3) is 0 Å². The maximum atomic E-state index is 10.4. The van der Waals surface area contributed by atoms with E-state index in [0.29, 0.717) is 13.2 Å². The van der Waals surface area contributed by atoms with E-state index in [1.165, 1.54) is 11.1 Å². The maximum absolute atomic E-state index is 10.4. The summed E-state index contributed by atoms with van der Waals surface area (Å²) in [5, 5.41) is 10.4. The second-order valence-electron chi connectivity index (χ2n) is 7.76. The maximum Gasteiger partial charge on any atom is 0.125 e. The van der Waals surface area contributed by atoms with Crippen molar-refractivity contribution in [2.75, 3.05) is 39.3 Å². The third kappa shape index (κ3) is 5.80. The van der Waals surface area contributed by atoms with Crippen molar-refractivity contribution in [1.29, 1.82) is 0 Å². The Morgan fingerprint density at radius 1 is 0.926 bits per heavy atom. The van der Waals surface area contributed by atoms with Crippen molar-refractivity contribution in [1.82, 2.24) is 9.80 Å². The van der Waals surface area contributed by atoms with Crippen LogP contribution in [0.5, 0.6) is 5.75 Å². The number of rotatable bonds is 7. The molecular weight excluding hydrogens is 336 g/mol. The Balaban J connectivity index is 1.41. The van der Waals surface area contributed by atoms with E-state index < -0.39 is 6.10 Å². The van der Waals surface area contributed by atoms with E-state index in [-0.39, 0.29) is 0 Å². The Labute approximate surface area is 163 Å². The molecule has 146 valence electrons.